The minimum absolute atomic E-state index is 0.0841. The molecule has 1 spiro atoms. The van der Waals surface area contributed by atoms with E-state index in [0.717, 1.165) is 12.0 Å². The van der Waals surface area contributed by atoms with Crippen molar-refractivity contribution in [2.75, 3.05) is 25.7 Å². The van der Waals surface area contributed by atoms with Crippen molar-refractivity contribution in [3.8, 4) is 5.75 Å². The Labute approximate surface area is 203 Å². The maximum absolute atomic E-state index is 15.7. The Hall–Kier alpha value is -3.42. The van der Waals surface area contributed by atoms with Gasteiger partial charge in [0.05, 0.1) is 37.9 Å². The van der Waals surface area contributed by atoms with Crippen LogP contribution in [0.3, 0.4) is 0 Å². The summed E-state index contributed by atoms with van der Waals surface area (Å²) in [6, 6.07) is 10.2. The SMILES string of the molecule is COC(=O)C(=O)N1CC(C)CCC1c1cc(F)c2c(c1)C1(CC1)C(=O)N2Cc1ccc(OC)cc1. The van der Waals surface area contributed by atoms with E-state index in [9.17, 15) is 14.4 Å². The number of likely N-dealkylation sites (tertiary alicyclic amines) is 1. The van der Waals surface area contributed by atoms with Gasteiger partial charge in [-0.3, -0.25) is 9.59 Å². The highest BCUT2D eigenvalue weighted by atomic mass is 19.1. The van der Waals surface area contributed by atoms with E-state index in [4.69, 9.17) is 4.74 Å². The summed E-state index contributed by atoms with van der Waals surface area (Å²) in [5, 5.41) is 0. The Morgan fingerprint density at radius 3 is 2.46 bits per heavy atom. The van der Waals surface area contributed by atoms with Crippen LogP contribution in [0.25, 0.3) is 0 Å². The Bertz CT molecular complexity index is 1190. The zero-order valence-corrected chi connectivity index (χ0v) is 20.2. The van der Waals surface area contributed by atoms with Crippen LogP contribution in [0, 0.1) is 11.7 Å². The van der Waals surface area contributed by atoms with Crippen molar-refractivity contribution < 1.29 is 28.2 Å². The molecule has 184 valence electrons. The zero-order chi connectivity index (χ0) is 24.9. The summed E-state index contributed by atoms with van der Waals surface area (Å²) >= 11 is 0. The molecular weight excluding hydrogens is 451 g/mol. The first-order valence-corrected chi connectivity index (χ1v) is 12.0. The summed E-state index contributed by atoms with van der Waals surface area (Å²) in [7, 11) is 2.77. The molecule has 3 aliphatic rings. The van der Waals surface area contributed by atoms with Crippen LogP contribution in [0.15, 0.2) is 36.4 Å². The molecule has 8 heteroatoms. The van der Waals surface area contributed by atoms with Gasteiger partial charge in [0.15, 0.2) is 0 Å². The molecule has 5 rings (SSSR count). The van der Waals surface area contributed by atoms with Gasteiger partial charge in [-0.05, 0) is 66.5 Å². The smallest absolute Gasteiger partial charge is 0.396 e. The lowest BCUT2D eigenvalue weighted by Gasteiger charge is -2.38. The number of methoxy groups -OCH3 is 2. The van der Waals surface area contributed by atoms with E-state index >= 15 is 4.39 Å². The van der Waals surface area contributed by atoms with E-state index in [1.807, 2.05) is 37.3 Å². The van der Waals surface area contributed by atoms with Crippen molar-refractivity contribution in [1.82, 2.24) is 4.90 Å². The maximum Gasteiger partial charge on any atom is 0.396 e. The van der Waals surface area contributed by atoms with Crippen molar-refractivity contribution in [1.29, 1.82) is 0 Å². The van der Waals surface area contributed by atoms with Gasteiger partial charge < -0.3 is 19.3 Å². The molecule has 2 unspecified atom stereocenters. The molecule has 2 aromatic carbocycles. The fraction of sp³-hybridized carbons (Fsp3) is 0.444. The molecule has 2 heterocycles. The minimum Gasteiger partial charge on any atom is -0.497 e. The number of carbonyl (C=O) groups is 3. The molecule has 1 aliphatic carbocycles. The van der Waals surface area contributed by atoms with E-state index in [1.165, 1.54) is 18.1 Å². The minimum atomic E-state index is -0.926. The van der Waals surface area contributed by atoms with Crippen LogP contribution in [-0.2, 0) is 31.1 Å². The van der Waals surface area contributed by atoms with Gasteiger partial charge in [0.25, 0.3) is 0 Å². The van der Waals surface area contributed by atoms with E-state index in [-0.39, 0.29) is 18.4 Å². The van der Waals surface area contributed by atoms with Gasteiger partial charge in [-0.15, -0.1) is 0 Å². The quantitative estimate of drug-likeness (QED) is 0.490. The van der Waals surface area contributed by atoms with Gasteiger partial charge >= 0.3 is 11.9 Å². The second kappa shape index (κ2) is 8.66. The van der Waals surface area contributed by atoms with Crippen molar-refractivity contribution in [2.45, 2.75) is 50.6 Å². The highest BCUT2D eigenvalue weighted by Gasteiger charge is 2.60. The van der Waals surface area contributed by atoms with Gasteiger partial charge in [0, 0.05) is 6.54 Å². The van der Waals surface area contributed by atoms with Crippen molar-refractivity contribution in [3.63, 3.8) is 0 Å². The van der Waals surface area contributed by atoms with Crippen LogP contribution in [-0.4, -0.2) is 43.4 Å². The summed E-state index contributed by atoms with van der Waals surface area (Å²) in [5.74, 6) is -1.28. The second-order valence-electron chi connectivity index (χ2n) is 9.87. The van der Waals surface area contributed by atoms with Crippen LogP contribution in [0.4, 0.5) is 10.1 Å². The average molecular weight is 481 g/mol. The van der Waals surface area contributed by atoms with Gasteiger partial charge in [0.2, 0.25) is 5.91 Å². The van der Waals surface area contributed by atoms with Crippen molar-refractivity contribution in [3.05, 3.63) is 58.9 Å². The molecule has 2 aliphatic heterocycles. The summed E-state index contributed by atoms with van der Waals surface area (Å²) in [4.78, 5) is 41.3. The van der Waals surface area contributed by atoms with Crippen LogP contribution < -0.4 is 9.64 Å². The highest BCUT2D eigenvalue weighted by molar-refractivity contribution is 6.32. The fourth-order valence-electron chi connectivity index (χ4n) is 5.53. The topological polar surface area (TPSA) is 76.2 Å². The number of ether oxygens (including phenoxy) is 2. The van der Waals surface area contributed by atoms with Crippen LogP contribution in [0.5, 0.6) is 5.75 Å². The third-order valence-corrected chi connectivity index (χ3v) is 7.60. The molecule has 2 amide bonds. The number of nitrogens with zero attached hydrogens (tertiary/aromatic N) is 2. The van der Waals surface area contributed by atoms with E-state index < -0.39 is 29.2 Å². The maximum atomic E-state index is 15.7. The summed E-state index contributed by atoms with van der Waals surface area (Å²) in [6.45, 7) is 2.68. The molecule has 2 fully saturated rings. The van der Waals surface area contributed by atoms with Crippen LogP contribution in [0.2, 0.25) is 0 Å². The first kappa shape index (κ1) is 23.3. The van der Waals surface area contributed by atoms with Crippen LogP contribution in [0.1, 0.15) is 55.3 Å². The van der Waals surface area contributed by atoms with Crippen molar-refractivity contribution >= 4 is 23.5 Å². The highest BCUT2D eigenvalue weighted by Crippen LogP contribution is 2.59. The number of anilines is 1. The fourth-order valence-corrected chi connectivity index (χ4v) is 5.53. The largest absolute Gasteiger partial charge is 0.497 e. The Balaban J connectivity index is 1.51. The first-order chi connectivity index (χ1) is 16.8. The Kier molecular flexibility index (Phi) is 5.77. The normalized spacial score (nSPS) is 22.2. The second-order valence-corrected chi connectivity index (χ2v) is 9.87. The third kappa shape index (κ3) is 3.85. The Morgan fingerprint density at radius 2 is 1.83 bits per heavy atom. The number of hydrogen-bond acceptors (Lipinski definition) is 5. The monoisotopic (exact) mass is 480 g/mol. The lowest BCUT2D eigenvalue weighted by atomic mass is 9.87. The van der Waals surface area contributed by atoms with Gasteiger partial charge in [-0.25, -0.2) is 9.18 Å². The molecule has 0 aromatic heterocycles. The molecule has 35 heavy (non-hydrogen) atoms. The summed E-state index contributed by atoms with van der Waals surface area (Å²) in [5.41, 5.74) is 1.81. The van der Waals surface area contributed by atoms with E-state index in [0.29, 0.717) is 48.4 Å². The number of halogens is 1. The third-order valence-electron chi connectivity index (χ3n) is 7.60. The number of rotatable bonds is 4. The molecule has 2 aromatic rings. The predicted octanol–water partition coefficient (Wildman–Crippen LogP) is 3.89. The van der Waals surface area contributed by atoms with Gasteiger partial charge in [-0.1, -0.05) is 25.1 Å². The number of benzene rings is 2. The molecule has 0 N–H and O–H groups in total. The molecule has 2 atom stereocenters. The lowest BCUT2D eigenvalue weighted by molar-refractivity contribution is -0.160. The number of esters is 1. The average Bonchev–Trinajstić information content (AvgIpc) is 3.64. The number of piperidine rings is 1. The van der Waals surface area contributed by atoms with E-state index in [2.05, 4.69) is 4.74 Å². The molecule has 0 bridgehead atoms. The summed E-state index contributed by atoms with van der Waals surface area (Å²) < 4.78 is 25.6. The molecule has 7 nitrogen and oxygen atoms in total. The predicted molar refractivity (Wildman–Crippen MR) is 126 cm³/mol. The standard InChI is InChI=1S/C27H29FN2O5/c1-16-4-9-22(29(14-16)24(31)25(32)35-3)18-12-20-23(21(28)13-18)30(26(33)27(20)10-11-27)15-17-5-7-19(34-2)8-6-17/h5-8,12-13,16,22H,4,9-11,14-15H2,1-3H3. The zero-order valence-electron chi connectivity index (χ0n) is 20.2. The molecule has 0 radical (unpaired) electrons. The Morgan fingerprint density at radius 1 is 1.11 bits per heavy atom. The van der Waals surface area contributed by atoms with Crippen LogP contribution >= 0.6 is 0 Å². The lowest BCUT2D eigenvalue weighted by Crippen LogP contribution is -2.45. The number of hydrogen-bond donors (Lipinski definition) is 0. The first-order valence-electron chi connectivity index (χ1n) is 12.0. The molecule has 1 saturated heterocycles. The molecule has 1 saturated carbocycles. The number of amides is 2. The number of carbonyl (C=O) groups excluding carboxylic acids is 3. The van der Waals surface area contributed by atoms with E-state index in [1.54, 1.807) is 12.0 Å². The molecular formula is C27H29FN2O5. The van der Waals surface area contributed by atoms with Crippen molar-refractivity contribution in [2.24, 2.45) is 5.92 Å². The van der Waals surface area contributed by atoms with Gasteiger partial charge in [0.1, 0.15) is 11.6 Å². The van der Waals surface area contributed by atoms with Gasteiger partial charge in [-0.2, -0.15) is 0 Å². The number of fused-ring (bicyclic) bond motifs is 2. The summed E-state index contributed by atoms with van der Waals surface area (Å²) in [6.07, 6.45) is 2.81.